The zero-order valence-electron chi connectivity index (χ0n) is 18.7. The summed E-state index contributed by atoms with van der Waals surface area (Å²) in [7, 11) is 1.30. The van der Waals surface area contributed by atoms with Gasteiger partial charge in [-0.1, -0.05) is 6.92 Å². The van der Waals surface area contributed by atoms with E-state index >= 15 is 0 Å². The van der Waals surface area contributed by atoms with E-state index in [1.807, 2.05) is 0 Å². The van der Waals surface area contributed by atoms with E-state index in [-0.39, 0.29) is 0 Å². The monoisotopic (exact) mass is 516 g/mol. The number of carboxylic acid groups (broad SMARTS) is 1. The Labute approximate surface area is 201 Å². The van der Waals surface area contributed by atoms with Crippen molar-refractivity contribution in [3.8, 4) is 0 Å². The lowest BCUT2D eigenvalue weighted by molar-refractivity contribution is -0.192. The second-order valence-electron chi connectivity index (χ2n) is 7.14. The molecule has 35 heavy (non-hydrogen) atoms. The van der Waals surface area contributed by atoms with E-state index in [4.69, 9.17) is 15.6 Å². The average Bonchev–Trinajstić information content (AvgIpc) is 3.15. The molecule has 1 aromatic heterocycles. The third-order valence-corrected chi connectivity index (χ3v) is 6.00. The van der Waals surface area contributed by atoms with Crippen molar-refractivity contribution >= 4 is 45.9 Å². The zero-order chi connectivity index (χ0) is 26.3. The molecule has 0 atom stereocenters. The van der Waals surface area contributed by atoms with Gasteiger partial charge in [-0.15, -0.1) is 11.3 Å². The fraction of sp³-hybridized carbons (Fsp3) is 0.333. The topological polar surface area (TPSA) is 151 Å². The number of thiophene rings is 1. The zero-order valence-corrected chi connectivity index (χ0v) is 19.5. The molecule has 0 unspecified atom stereocenters. The summed E-state index contributed by atoms with van der Waals surface area (Å²) in [6.07, 6.45) is -4.35. The highest BCUT2D eigenvalue weighted by molar-refractivity contribution is 7.17. The second kappa shape index (κ2) is 11.7. The van der Waals surface area contributed by atoms with E-state index in [9.17, 15) is 27.6 Å². The summed E-state index contributed by atoms with van der Waals surface area (Å²) >= 11 is 1.38. The molecular weight excluding hydrogens is 493 g/mol. The number of nitrogens with two attached hydrogens (primary N) is 1. The maximum Gasteiger partial charge on any atom is 0.490 e. The van der Waals surface area contributed by atoms with E-state index in [1.54, 1.807) is 24.3 Å². The van der Waals surface area contributed by atoms with Gasteiger partial charge >= 0.3 is 24.1 Å². The van der Waals surface area contributed by atoms with Crippen molar-refractivity contribution in [2.45, 2.75) is 26.1 Å². The summed E-state index contributed by atoms with van der Waals surface area (Å²) in [5.41, 5.74) is 7.79. The summed E-state index contributed by atoms with van der Waals surface area (Å²) in [5.74, 6) is -3.75. The summed E-state index contributed by atoms with van der Waals surface area (Å²) < 4.78 is 36.4. The Bertz CT molecular complexity index is 1100. The smallest absolute Gasteiger partial charge is 0.475 e. The highest BCUT2D eigenvalue weighted by atomic mass is 32.1. The predicted octanol–water partition coefficient (Wildman–Crippen LogP) is 3.29. The Hall–Kier alpha value is -3.65. The van der Waals surface area contributed by atoms with Crippen LogP contribution in [0.4, 0.5) is 28.7 Å². The number of aliphatic carboxylic acids is 1. The number of ether oxygens (including phenoxy) is 1. The summed E-state index contributed by atoms with van der Waals surface area (Å²) in [6.45, 7) is 4.62. The standard InChI is InChI=1S/C19H22N4O4S.C2HF3O2/c1-3-23-9-8-13-14(10-23)28-17(15(13)16(20)24)22-19(26)21-12-6-4-11(5-7-12)18(25)27-2;3-2(4,5)1(6)7/h4-7H,3,8-10H2,1-2H3,(H2,20,24)(H2,21,22,26);(H,6,7). The minimum absolute atomic E-state index is 0.385. The molecule has 2 heterocycles. The molecule has 2 aromatic rings. The van der Waals surface area contributed by atoms with E-state index in [0.29, 0.717) is 21.8 Å². The molecule has 14 heteroatoms. The minimum Gasteiger partial charge on any atom is -0.475 e. The third kappa shape index (κ3) is 7.42. The second-order valence-corrected chi connectivity index (χ2v) is 8.25. The number of carbonyl (C=O) groups excluding carboxylic acids is 3. The van der Waals surface area contributed by atoms with Gasteiger partial charge in [0.15, 0.2) is 0 Å². The number of fused-ring (bicyclic) bond motifs is 1. The average molecular weight is 516 g/mol. The first-order valence-electron chi connectivity index (χ1n) is 10.1. The molecule has 0 aliphatic carbocycles. The molecule has 0 fully saturated rings. The number of urea groups is 1. The predicted molar refractivity (Wildman–Crippen MR) is 122 cm³/mol. The van der Waals surface area contributed by atoms with Crippen LogP contribution in [0.25, 0.3) is 0 Å². The molecule has 190 valence electrons. The molecule has 3 amide bonds. The number of hydrogen-bond acceptors (Lipinski definition) is 7. The van der Waals surface area contributed by atoms with Crippen LogP contribution in [0.2, 0.25) is 0 Å². The molecule has 1 aromatic carbocycles. The van der Waals surface area contributed by atoms with E-state index in [1.165, 1.54) is 18.4 Å². The number of nitrogens with one attached hydrogen (secondary N) is 2. The molecule has 0 spiro atoms. The largest absolute Gasteiger partial charge is 0.490 e. The lowest BCUT2D eigenvalue weighted by Crippen LogP contribution is -2.30. The molecule has 5 N–H and O–H groups in total. The number of rotatable bonds is 5. The van der Waals surface area contributed by atoms with E-state index < -0.39 is 30.1 Å². The van der Waals surface area contributed by atoms with Gasteiger partial charge in [0, 0.05) is 23.7 Å². The van der Waals surface area contributed by atoms with Crippen LogP contribution in [-0.2, 0) is 22.5 Å². The summed E-state index contributed by atoms with van der Waals surface area (Å²) in [4.78, 5) is 48.1. The van der Waals surface area contributed by atoms with Gasteiger partial charge in [-0.2, -0.15) is 13.2 Å². The number of benzene rings is 1. The first-order chi connectivity index (χ1) is 16.4. The van der Waals surface area contributed by atoms with Crippen LogP contribution in [0.1, 0.15) is 38.1 Å². The highest BCUT2D eigenvalue weighted by Gasteiger charge is 2.38. The number of carboxylic acids is 1. The first kappa shape index (κ1) is 27.6. The third-order valence-electron chi connectivity index (χ3n) is 4.86. The number of carbonyl (C=O) groups is 4. The maximum atomic E-state index is 12.4. The number of esters is 1. The van der Waals surface area contributed by atoms with Crippen molar-refractivity contribution in [1.29, 1.82) is 0 Å². The van der Waals surface area contributed by atoms with Crippen LogP contribution in [0, 0.1) is 0 Å². The Balaban J connectivity index is 0.000000540. The number of primary amides is 1. The summed E-state index contributed by atoms with van der Waals surface area (Å²) in [5, 5.41) is 13.0. The molecule has 0 radical (unpaired) electrons. The van der Waals surface area contributed by atoms with Crippen molar-refractivity contribution in [1.82, 2.24) is 4.90 Å². The van der Waals surface area contributed by atoms with E-state index in [2.05, 4.69) is 27.2 Å². The van der Waals surface area contributed by atoms with Crippen LogP contribution in [0.3, 0.4) is 0 Å². The van der Waals surface area contributed by atoms with Crippen molar-refractivity contribution in [3.63, 3.8) is 0 Å². The van der Waals surface area contributed by atoms with Gasteiger partial charge < -0.3 is 20.9 Å². The van der Waals surface area contributed by atoms with Crippen molar-refractivity contribution in [2.75, 3.05) is 30.8 Å². The molecule has 1 aliphatic heterocycles. The van der Waals surface area contributed by atoms with Crippen LogP contribution in [-0.4, -0.2) is 60.3 Å². The lowest BCUT2D eigenvalue weighted by Gasteiger charge is -2.25. The molecule has 3 rings (SSSR count). The van der Waals surface area contributed by atoms with Crippen molar-refractivity contribution < 1.29 is 42.2 Å². The molecule has 0 saturated carbocycles. The Kier molecular flexibility index (Phi) is 9.19. The number of hydrogen-bond donors (Lipinski definition) is 4. The maximum absolute atomic E-state index is 12.4. The van der Waals surface area contributed by atoms with Gasteiger partial charge in [-0.25, -0.2) is 14.4 Å². The number of halogens is 3. The molecule has 0 saturated heterocycles. The minimum atomic E-state index is -5.08. The van der Waals surface area contributed by atoms with Gasteiger partial charge in [0.25, 0.3) is 5.91 Å². The number of methoxy groups -OCH3 is 1. The van der Waals surface area contributed by atoms with Gasteiger partial charge in [0.05, 0.1) is 18.2 Å². The van der Waals surface area contributed by atoms with Crippen LogP contribution in [0.15, 0.2) is 24.3 Å². The Morgan fingerprint density at radius 2 is 1.77 bits per heavy atom. The van der Waals surface area contributed by atoms with Gasteiger partial charge in [0.2, 0.25) is 0 Å². The van der Waals surface area contributed by atoms with Crippen molar-refractivity contribution in [2.24, 2.45) is 5.73 Å². The fourth-order valence-electron chi connectivity index (χ4n) is 3.15. The quantitative estimate of drug-likeness (QED) is 0.445. The fourth-order valence-corrected chi connectivity index (χ4v) is 4.44. The van der Waals surface area contributed by atoms with Crippen LogP contribution < -0.4 is 16.4 Å². The highest BCUT2D eigenvalue weighted by Crippen LogP contribution is 2.37. The van der Waals surface area contributed by atoms with Gasteiger partial charge in [-0.05, 0) is 42.8 Å². The SMILES string of the molecule is CCN1CCc2c(sc(NC(=O)Nc3ccc(C(=O)OC)cc3)c2C(N)=O)C1.O=C(O)C(F)(F)F. The Morgan fingerprint density at radius 1 is 1.17 bits per heavy atom. The normalized spacial score (nSPS) is 13.1. The van der Waals surface area contributed by atoms with Gasteiger partial charge in [0.1, 0.15) is 5.00 Å². The number of likely N-dealkylation sites (N-methyl/N-ethyl adjacent to an activating group) is 1. The number of anilines is 2. The van der Waals surface area contributed by atoms with Crippen molar-refractivity contribution in [3.05, 3.63) is 45.8 Å². The molecular formula is C21H23F3N4O6S. The molecule has 1 aliphatic rings. The van der Waals surface area contributed by atoms with E-state index in [0.717, 1.165) is 36.5 Å². The molecule has 10 nitrogen and oxygen atoms in total. The van der Waals surface area contributed by atoms with Gasteiger partial charge in [-0.3, -0.25) is 15.0 Å². The summed E-state index contributed by atoms with van der Waals surface area (Å²) in [6, 6.07) is 5.82. The number of amides is 3. The van der Waals surface area contributed by atoms with Crippen LogP contribution in [0.5, 0.6) is 0 Å². The Morgan fingerprint density at radius 3 is 2.26 bits per heavy atom. The van der Waals surface area contributed by atoms with Crippen LogP contribution >= 0.6 is 11.3 Å². The first-order valence-corrected chi connectivity index (χ1v) is 10.9. The molecule has 0 bridgehead atoms. The number of nitrogens with zero attached hydrogens (tertiary/aromatic N) is 1. The lowest BCUT2D eigenvalue weighted by atomic mass is 10.0. The number of alkyl halides is 3.